The summed E-state index contributed by atoms with van der Waals surface area (Å²) in [5.74, 6) is 0. The van der Waals surface area contributed by atoms with Crippen LogP contribution in [0.25, 0.3) is 0 Å². The average Bonchev–Trinajstić information content (AvgIpc) is 1.60. The summed E-state index contributed by atoms with van der Waals surface area (Å²) in [4.78, 5) is 16.5. The summed E-state index contributed by atoms with van der Waals surface area (Å²) in [6.45, 7) is 0. The largest absolute Gasteiger partial charge is 2.00 e. The Labute approximate surface area is 88.7 Å². The molecule has 0 amide bonds. The third-order valence-electron chi connectivity index (χ3n) is 0. The van der Waals surface area contributed by atoms with E-state index in [1.165, 1.54) is 0 Å². The van der Waals surface area contributed by atoms with E-state index in [1.807, 2.05) is 14.1 Å². The number of nitrogens with zero attached hydrogens (tertiary/aromatic N) is 2. The molecule has 0 spiro atoms. The van der Waals surface area contributed by atoms with Crippen LogP contribution >= 0.6 is 0 Å². The predicted molar refractivity (Wildman–Crippen MR) is 41.5 cm³/mol. The van der Waals surface area contributed by atoms with Crippen LogP contribution in [0.1, 0.15) is 0 Å². The first-order chi connectivity index (χ1) is 4.88. The molecule has 0 saturated heterocycles. The van der Waals surface area contributed by atoms with Gasteiger partial charge < -0.3 is 36.0 Å². The Hall–Kier alpha value is -0.952. The summed E-state index contributed by atoms with van der Waals surface area (Å²) in [6, 6.07) is 0. The van der Waals surface area contributed by atoms with Crippen molar-refractivity contribution in [3.05, 3.63) is 30.6 Å². The molecule has 0 aliphatic rings. The van der Waals surface area contributed by atoms with Crippen LogP contribution in [0.15, 0.2) is 0 Å². The van der Waals surface area contributed by atoms with Gasteiger partial charge in [0.2, 0.25) is 0 Å². The van der Waals surface area contributed by atoms with Crippen molar-refractivity contribution in [3.8, 4) is 0 Å². The fraction of sp³-hybridized carbons (Fsp3) is 1.00. The Bertz CT molecular complexity index is 94.1. The zero-order valence-electron chi connectivity index (χ0n) is 7.13. The van der Waals surface area contributed by atoms with E-state index in [9.17, 15) is 0 Å². The molecule has 0 aromatic rings. The van der Waals surface area contributed by atoms with Gasteiger partial charge in [-0.25, -0.2) is 0 Å². The minimum Gasteiger partial charge on any atom is -0.356 e. The topological polar surface area (TPSA) is 144 Å². The van der Waals surface area contributed by atoms with Gasteiger partial charge in [-0.15, -0.1) is 0 Å². The summed E-state index contributed by atoms with van der Waals surface area (Å²) in [7, 11) is 3.75. The standard InChI is InChI=1S/C2H7N.B.2NO3.Zn/c1-3-2;;2*2-1(3)4;/h3H,1-2H3;;;;/q;;2*-1;+2. The Morgan fingerprint density at radius 1 is 0.923 bits per heavy atom. The van der Waals surface area contributed by atoms with Gasteiger partial charge in [0.1, 0.15) is 0 Å². The van der Waals surface area contributed by atoms with E-state index >= 15 is 0 Å². The second kappa shape index (κ2) is 30.5. The molecular weight excluding hydrogens is 238 g/mol. The minimum atomic E-state index is -1.75. The van der Waals surface area contributed by atoms with E-state index in [4.69, 9.17) is 30.6 Å². The molecular formula is C2H7BN3O6Zn. The van der Waals surface area contributed by atoms with Gasteiger partial charge in [-0.3, -0.25) is 0 Å². The normalized spacial score (nSPS) is 5.08. The summed E-state index contributed by atoms with van der Waals surface area (Å²) in [6.07, 6.45) is 0. The molecule has 13 heavy (non-hydrogen) atoms. The molecule has 0 saturated carbocycles. The van der Waals surface area contributed by atoms with E-state index in [-0.39, 0.29) is 27.9 Å². The molecule has 0 rings (SSSR count). The maximum atomic E-state index is 8.25. The molecule has 71 valence electrons. The maximum Gasteiger partial charge on any atom is 2.00 e. The average molecular weight is 245 g/mol. The Morgan fingerprint density at radius 2 is 0.923 bits per heavy atom. The summed E-state index contributed by atoms with van der Waals surface area (Å²) < 4.78 is 0. The molecule has 9 nitrogen and oxygen atoms in total. The molecule has 0 fully saturated rings. The van der Waals surface area contributed by atoms with Gasteiger partial charge in [-0.2, -0.15) is 0 Å². The van der Waals surface area contributed by atoms with Gasteiger partial charge in [0.15, 0.2) is 0 Å². The van der Waals surface area contributed by atoms with Crippen LogP contribution in [-0.2, 0) is 19.5 Å². The molecule has 3 radical (unpaired) electrons. The van der Waals surface area contributed by atoms with Gasteiger partial charge in [0, 0.05) is 8.41 Å². The van der Waals surface area contributed by atoms with E-state index in [2.05, 4.69) is 5.32 Å². The molecule has 0 aliphatic heterocycles. The first-order valence-corrected chi connectivity index (χ1v) is 2.10. The maximum absolute atomic E-state index is 8.25. The molecule has 0 bridgehead atoms. The summed E-state index contributed by atoms with van der Waals surface area (Å²) >= 11 is 0. The van der Waals surface area contributed by atoms with Crippen LogP contribution in [0.5, 0.6) is 0 Å². The number of nitrogens with one attached hydrogen (secondary N) is 1. The van der Waals surface area contributed by atoms with Crippen molar-refractivity contribution in [2.75, 3.05) is 14.1 Å². The van der Waals surface area contributed by atoms with E-state index in [0.29, 0.717) is 0 Å². The molecule has 0 aromatic heterocycles. The molecule has 1 N–H and O–H groups in total. The fourth-order valence-electron chi connectivity index (χ4n) is 0. The van der Waals surface area contributed by atoms with Crippen LogP contribution in [0, 0.1) is 30.6 Å². The zero-order chi connectivity index (χ0) is 9.86. The minimum absolute atomic E-state index is 0. The molecule has 0 heterocycles. The Kier molecular flexibility index (Phi) is 69.4. The second-order valence-electron chi connectivity index (χ2n) is 0.947. The SMILES string of the molecule is CNC.O=[N+]([O-])[O-].O=[N+]([O-])[O-].[B].[Zn+2]. The van der Waals surface area contributed by atoms with Crippen LogP contribution < -0.4 is 5.32 Å². The van der Waals surface area contributed by atoms with E-state index in [0.717, 1.165) is 0 Å². The first-order valence-electron chi connectivity index (χ1n) is 2.10. The molecule has 11 heteroatoms. The van der Waals surface area contributed by atoms with Gasteiger partial charge >= 0.3 is 19.5 Å². The Balaban J connectivity index is -0.0000000231. The summed E-state index contributed by atoms with van der Waals surface area (Å²) in [5, 5.41) is 32.2. The summed E-state index contributed by atoms with van der Waals surface area (Å²) in [5.41, 5.74) is 0. The molecule has 0 atom stereocenters. The zero-order valence-corrected chi connectivity index (χ0v) is 10.1. The smallest absolute Gasteiger partial charge is 0.356 e. The van der Waals surface area contributed by atoms with Gasteiger partial charge in [0.05, 0.1) is 10.2 Å². The third-order valence-corrected chi connectivity index (χ3v) is 0. The van der Waals surface area contributed by atoms with Crippen molar-refractivity contribution < 1.29 is 29.7 Å². The molecule has 0 unspecified atom stereocenters. The van der Waals surface area contributed by atoms with E-state index < -0.39 is 10.2 Å². The monoisotopic (exact) mass is 244 g/mol. The first kappa shape index (κ1) is 29.6. The molecule has 0 aliphatic carbocycles. The van der Waals surface area contributed by atoms with E-state index in [1.54, 1.807) is 0 Å². The molecule has 0 aromatic carbocycles. The Morgan fingerprint density at radius 3 is 0.923 bits per heavy atom. The number of rotatable bonds is 0. The van der Waals surface area contributed by atoms with Crippen molar-refractivity contribution in [2.24, 2.45) is 0 Å². The van der Waals surface area contributed by atoms with Gasteiger partial charge in [-0.05, 0) is 14.1 Å². The van der Waals surface area contributed by atoms with Crippen LogP contribution in [0.3, 0.4) is 0 Å². The van der Waals surface area contributed by atoms with Crippen LogP contribution in [-0.4, -0.2) is 32.7 Å². The quantitative estimate of drug-likeness (QED) is 0.326. The van der Waals surface area contributed by atoms with Crippen molar-refractivity contribution in [3.63, 3.8) is 0 Å². The van der Waals surface area contributed by atoms with Crippen LogP contribution in [0.4, 0.5) is 0 Å². The van der Waals surface area contributed by atoms with Gasteiger partial charge in [-0.1, -0.05) is 0 Å². The fourth-order valence-corrected chi connectivity index (χ4v) is 0. The van der Waals surface area contributed by atoms with Crippen molar-refractivity contribution in [1.29, 1.82) is 0 Å². The predicted octanol–water partition coefficient (Wildman–Crippen LogP) is -1.03. The third kappa shape index (κ3) is 999. The number of hydrogen-bond donors (Lipinski definition) is 1. The van der Waals surface area contributed by atoms with Crippen molar-refractivity contribution in [2.45, 2.75) is 0 Å². The van der Waals surface area contributed by atoms with Crippen molar-refractivity contribution in [1.82, 2.24) is 5.32 Å². The van der Waals surface area contributed by atoms with Gasteiger partial charge in [0.25, 0.3) is 0 Å². The van der Waals surface area contributed by atoms with Crippen molar-refractivity contribution >= 4 is 8.41 Å². The second-order valence-corrected chi connectivity index (χ2v) is 0.947. The number of hydrogen-bond acceptors (Lipinski definition) is 7. The van der Waals surface area contributed by atoms with Crippen LogP contribution in [0.2, 0.25) is 0 Å².